The number of aryl methyl sites for hydroxylation is 1. The van der Waals surface area contributed by atoms with Gasteiger partial charge in [0.05, 0.1) is 41.4 Å². The van der Waals surface area contributed by atoms with Crippen molar-refractivity contribution < 1.29 is 28.2 Å². The lowest BCUT2D eigenvalue weighted by molar-refractivity contribution is -0.120. The molecule has 42 heavy (non-hydrogen) atoms. The fourth-order valence-electron chi connectivity index (χ4n) is 5.44. The maximum absolute atomic E-state index is 15.2. The highest BCUT2D eigenvalue weighted by molar-refractivity contribution is 6.30. The molecule has 1 fully saturated rings. The third kappa shape index (κ3) is 4.75. The van der Waals surface area contributed by atoms with Gasteiger partial charge in [-0.2, -0.15) is 4.39 Å². The topological polar surface area (TPSA) is 157 Å². The number of ether oxygens (including phenoxy) is 1. The molecule has 5 heterocycles. The van der Waals surface area contributed by atoms with Crippen LogP contribution in [0.15, 0.2) is 39.7 Å². The number of rotatable bonds is 6. The highest BCUT2D eigenvalue weighted by atomic mass is 35.5. The minimum absolute atomic E-state index is 0.0681. The number of aromatic nitrogens is 3. The van der Waals surface area contributed by atoms with Crippen LogP contribution in [-0.2, 0) is 29.0 Å². The number of carbonyl (C=O) groups is 2. The summed E-state index contributed by atoms with van der Waals surface area (Å²) in [4.78, 5) is 45.3. The molecule has 2 amide bonds. The lowest BCUT2D eigenvalue weighted by atomic mass is 10.0. The quantitative estimate of drug-likeness (QED) is 0.329. The Bertz CT molecular complexity index is 1770. The number of phenols is 1. The van der Waals surface area contributed by atoms with Gasteiger partial charge in [-0.3, -0.25) is 19.0 Å². The SMILES string of the molecule is NC(=O)c1cc(-c2cn(CC(=O)NC3=C(Cl)CNC(N4CCOCC4)=C3)c3nc4n(c(=O)c23)CCC4)c(F)c(F)c1O. The molecule has 0 saturated carbocycles. The first-order chi connectivity index (χ1) is 20.1. The third-order valence-corrected chi connectivity index (χ3v) is 7.85. The first-order valence-electron chi connectivity index (χ1n) is 13.2. The molecule has 2 aromatic heterocycles. The molecule has 0 atom stereocenters. The summed E-state index contributed by atoms with van der Waals surface area (Å²) in [5, 5.41) is 16.3. The molecule has 0 unspecified atom stereocenters. The van der Waals surface area contributed by atoms with Gasteiger partial charge >= 0.3 is 0 Å². The lowest BCUT2D eigenvalue weighted by Gasteiger charge is -2.33. The molecule has 1 saturated heterocycles. The average molecular weight is 602 g/mol. The van der Waals surface area contributed by atoms with Crippen LogP contribution in [0.5, 0.6) is 5.75 Å². The van der Waals surface area contributed by atoms with Crippen molar-refractivity contribution in [2.24, 2.45) is 5.73 Å². The van der Waals surface area contributed by atoms with Crippen molar-refractivity contribution in [2.75, 3.05) is 32.8 Å². The number of amides is 2. The molecule has 220 valence electrons. The van der Waals surface area contributed by atoms with Crippen molar-refractivity contribution in [3.63, 3.8) is 0 Å². The molecule has 0 bridgehead atoms. The van der Waals surface area contributed by atoms with E-state index in [4.69, 9.17) is 22.1 Å². The number of fused-ring (bicyclic) bond motifs is 2. The van der Waals surface area contributed by atoms with Gasteiger partial charge in [0, 0.05) is 49.5 Å². The Morgan fingerprint density at radius 2 is 1.95 bits per heavy atom. The number of dihydropyridines is 1. The average Bonchev–Trinajstić information content (AvgIpc) is 3.59. The van der Waals surface area contributed by atoms with Crippen molar-refractivity contribution >= 4 is 34.4 Å². The van der Waals surface area contributed by atoms with Crippen molar-refractivity contribution in [3.05, 3.63) is 68.3 Å². The van der Waals surface area contributed by atoms with Crippen LogP contribution in [-0.4, -0.2) is 68.8 Å². The summed E-state index contributed by atoms with van der Waals surface area (Å²) in [6.45, 7) is 2.84. The molecule has 1 aromatic carbocycles. The molecule has 0 radical (unpaired) electrons. The first kappa shape index (κ1) is 27.7. The van der Waals surface area contributed by atoms with Gasteiger partial charge in [-0.25, -0.2) is 9.37 Å². The van der Waals surface area contributed by atoms with Gasteiger partial charge in [0.15, 0.2) is 11.6 Å². The summed E-state index contributed by atoms with van der Waals surface area (Å²) in [6, 6.07) is 0.879. The van der Waals surface area contributed by atoms with Crippen LogP contribution in [0.25, 0.3) is 22.2 Å². The number of halogens is 3. The second-order valence-corrected chi connectivity index (χ2v) is 10.6. The maximum atomic E-state index is 15.2. The molecule has 0 spiro atoms. The maximum Gasteiger partial charge on any atom is 0.263 e. The van der Waals surface area contributed by atoms with Gasteiger partial charge in [-0.05, 0) is 12.5 Å². The Morgan fingerprint density at radius 3 is 2.69 bits per heavy atom. The predicted molar refractivity (Wildman–Crippen MR) is 147 cm³/mol. The molecule has 12 nitrogen and oxygen atoms in total. The fraction of sp³-hybridized carbons (Fsp3) is 0.333. The van der Waals surface area contributed by atoms with E-state index in [0.29, 0.717) is 68.8 Å². The van der Waals surface area contributed by atoms with Crippen LogP contribution < -0.4 is 21.9 Å². The number of carbonyl (C=O) groups excluding carboxylic acids is 2. The Kier molecular flexibility index (Phi) is 7.10. The minimum atomic E-state index is -1.69. The third-order valence-electron chi connectivity index (χ3n) is 7.51. The van der Waals surface area contributed by atoms with Crippen LogP contribution in [0.3, 0.4) is 0 Å². The number of hydrogen-bond acceptors (Lipinski definition) is 8. The number of hydrogen-bond donors (Lipinski definition) is 4. The van der Waals surface area contributed by atoms with E-state index in [9.17, 15) is 23.9 Å². The zero-order chi connectivity index (χ0) is 29.7. The van der Waals surface area contributed by atoms with Crippen molar-refractivity contribution in [3.8, 4) is 16.9 Å². The Morgan fingerprint density at radius 1 is 1.19 bits per heavy atom. The zero-order valence-electron chi connectivity index (χ0n) is 22.2. The fourth-order valence-corrected chi connectivity index (χ4v) is 5.61. The summed E-state index contributed by atoms with van der Waals surface area (Å²) in [7, 11) is 0. The van der Waals surface area contributed by atoms with Crippen LogP contribution in [0.2, 0.25) is 0 Å². The Labute approximate surface area is 242 Å². The number of allylic oxidation sites excluding steroid dienone is 1. The van der Waals surface area contributed by atoms with Gasteiger partial charge in [0.25, 0.3) is 11.5 Å². The molecule has 3 aliphatic rings. The molecule has 3 aliphatic heterocycles. The minimum Gasteiger partial charge on any atom is -0.504 e. The molecule has 3 aromatic rings. The summed E-state index contributed by atoms with van der Waals surface area (Å²) < 4.78 is 38.0. The van der Waals surface area contributed by atoms with Gasteiger partial charge in [0.2, 0.25) is 11.7 Å². The smallest absolute Gasteiger partial charge is 0.263 e. The number of benzene rings is 1. The van der Waals surface area contributed by atoms with E-state index in [2.05, 4.69) is 20.5 Å². The lowest BCUT2D eigenvalue weighted by Crippen LogP contribution is -2.42. The highest BCUT2D eigenvalue weighted by Gasteiger charge is 2.28. The van der Waals surface area contributed by atoms with Crippen LogP contribution in [0.4, 0.5) is 8.78 Å². The standard InChI is InChI=1S/C27H26ClF2N7O5/c28-16-10-32-19(35-4-6-42-7-5-35)9-17(16)33-20(38)12-36-11-15(13-8-14(25(31)40)24(39)23(30)22(13)29)21-26(36)34-18-2-1-3-37(18)27(21)41/h8-9,11,32,39H,1-7,10,12H2,(H2,31,40)(H,33,38). The van der Waals surface area contributed by atoms with E-state index < -0.39 is 45.9 Å². The van der Waals surface area contributed by atoms with Crippen molar-refractivity contribution in [2.45, 2.75) is 25.9 Å². The van der Waals surface area contributed by atoms with Gasteiger partial charge in [0.1, 0.15) is 23.8 Å². The van der Waals surface area contributed by atoms with Crippen LogP contribution in [0, 0.1) is 11.6 Å². The number of nitrogens with one attached hydrogen (secondary N) is 2. The second-order valence-electron chi connectivity index (χ2n) is 10.1. The summed E-state index contributed by atoms with van der Waals surface area (Å²) in [5.41, 5.74) is 3.99. The summed E-state index contributed by atoms with van der Waals surface area (Å²) in [5.74, 6) is -4.84. The monoisotopic (exact) mass is 601 g/mol. The number of aromatic hydroxyl groups is 1. The molecular formula is C27H26ClF2N7O5. The van der Waals surface area contributed by atoms with E-state index in [0.717, 1.165) is 11.9 Å². The van der Waals surface area contributed by atoms with Gasteiger partial charge < -0.3 is 35.7 Å². The molecule has 15 heteroatoms. The first-order valence-corrected chi connectivity index (χ1v) is 13.6. The second kappa shape index (κ2) is 10.8. The van der Waals surface area contributed by atoms with Gasteiger partial charge in [-0.15, -0.1) is 0 Å². The number of morpholine rings is 1. The molecule has 6 rings (SSSR count). The highest BCUT2D eigenvalue weighted by Crippen LogP contribution is 2.36. The van der Waals surface area contributed by atoms with Gasteiger partial charge in [-0.1, -0.05) is 11.6 Å². The van der Waals surface area contributed by atoms with Crippen LogP contribution >= 0.6 is 11.6 Å². The molecular weight excluding hydrogens is 576 g/mol. The van der Waals surface area contributed by atoms with E-state index in [1.165, 1.54) is 15.3 Å². The van der Waals surface area contributed by atoms with E-state index >= 15 is 4.39 Å². The zero-order valence-corrected chi connectivity index (χ0v) is 22.9. The normalized spacial score (nSPS) is 16.8. The van der Waals surface area contributed by atoms with E-state index in [-0.39, 0.29) is 23.1 Å². The molecule has 5 N–H and O–H groups in total. The largest absolute Gasteiger partial charge is 0.504 e. The Hall–Kier alpha value is -4.43. The number of nitrogens with two attached hydrogens (primary N) is 1. The predicted octanol–water partition coefficient (Wildman–Crippen LogP) is 1.24. The van der Waals surface area contributed by atoms with Crippen molar-refractivity contribution in [1.29, 1.82) is 0 Å². The van der Waals surface area contributed by atoms with E-state index in [1.54, 1.807) is 6.08 Å². The van der Waals surface area contributed by atoms with Crippen molar-refractivity contribution in [1.82, 2.24) is 29.7 Å². The summed E-state index contributed by atoms with van der Waals surface area (Å²) >= 11 is 6.40. The number of nitrogens with zero attached hydrogens (tertiary/aromatic N) is 4. The summed E-state index contributed by atoms with van der Waals surface area (Å²) in [6.07, 6.45) is 4.21. The van der Waals surface area contributed by atoms with E-state index in [1.807, 2.05) is 0 Å². The Balaban J connectivity index is 1.40. The molecule has 0 aliphatic carbocycles. The van der Waals surface area contributed by atoms with Crippen LogP contribution in [0.1, 0.15) is 22.6 Å². The number of primary amides is 1.